The van der Waals surface area contributed by atoms with E-state index in [1.54, 1.807) is 36.7 Å². The van der Waals surface area contributed by atoms with Crippen molar-refractivity contribution >= 4 is 23.2 Å². The normalized spacial score (nSPS) is 10.3. The van der Waals surface area contributed by atoms with Gasteiger partial charge in [0.1, 0.15) is 11.5 Å². The standard InChI is InChI=1S/C12H10Cl2N2O/c13-9-1-2-10(14)12(5-9)17-11-3-4-16-7-8(11)6-15/h1-5,7H,6,15H2. The zero-order chi connectivity index (χ0) is 12.3. The molecule has 0 unspecified atom stereocenters. The number of halogens is 2. The molecule has 0 aliphatic heterocycles. The van der Waals surface area contributed by atoms with Crippen LogP contribution in [0, 0.1) is 0 Å². The molecule has 0 radical (unpaired) electrons. The van der Waals surface area contributed by atoms with Crippen LogP contribution in [-0.2, 0) is 6.54 Å². The fourth-order valence-corrected chi connectivity index (χ4v) is 1.66. The number of ether oxygens (including phenoxy) is 1. The molecule has 2 aromatic rings. The molecule has 3 nitrogen and oxygen atoms in total. The molecule has 0 aliphatic carbocycles. The molecule has 1 aromatic carbocycles. The molecule has 88 valence electrons. The topological polar surface area (TPSA) is 48.1 Å². The quantitative estimate of drug-likeness (QED) is 0.925. The van der Waals surface area contributed by atoms with Gasteiger partial charge in [-0.05, 0) is 18.2 Å². The summed E-state index contributed by atoms with van der Waals surface area (Å²) in [6.45, 7) is 0.349. The second kappa shape index (κ2) is 5.36. The Hall–Kier alpha value is -1.29. The monoisotopic (exact) mass is 268 g/mol. The Labute approximate surface area is 109 Å². The number of nitrogens with two attached hydrogens (primary N) is 1. The Morgan fingerprint density at radius 3 is 2.76 bits per heavy atom. The van der Waals surface area contributed by atoms with Gasteiger partial charge in [0.2, 0.25) is 0 Å². The van der Waals surface area contributed by atoms with Gasteiger partial charge in [-0.15, -0.1) is 0 Å². The summed E-state index contributed by atoms with van der Waals surface area (Å²) in [5, 5.41) is 1.06. The third kappa shape index (κ3) is 2.88. The highest BCUT2D eigenvalue weighted by Crippen LogP contribution is 2.32. The molecule has 0 fully saturated rings. The fourth-order valence-electron chi connectivity index (χ4n) is 1.34. The van der Waals surface area contributed by atoms with E-state index in [0.29, 0.717) is 28.1 Å². The zero-order valence-electron chi connectivity index (χ0n) is 8.86. The number of aromatic nitrogens is 1. The first-order valence-corrected chi connectivity index (χ1v) is 5.72. The average Bonchev–Trinajstić information content (AvgIpc) is 2.34. The predicted molar refractivity (Wildman–Crippen MR) is 68.7 cm³/mol. The molecule has 0 saturated heterocycles. The summed E-state index contributed by atoms with van der Waals surface area (Å²) in [5.74, 6) is 1.13. The highest BCUT2D eigenvalue weighted by molar-refractivity contribution is 6.34. The number of hydrogen-bond donors (Lipinski definition) is 1. The van der Waals surface area contributed by atoms with Crippen molar-refractivity contribution in [1.82, 2.24) is 4.98 Å². The van der Waals surface area contributed by atoms with Crippen LogP contribution in [0.4, 0.5) is 0 Å². The predicted octanol–water partition coefficient (Wildman–Crippen LogP) is 3.64. The van der Waals surface area contributed by atoms with E-state index in [9.17, 15) is 0 Å². The number of benzene rings is 1. The van der Waals surface area contributed by atoms with Crippen LogP contribution in [0.5, 0.6) is 11.5 Å². The van der Waals surface area contributed by atoms with E-state index in [0.717, 1.165) is 5.56 Å². The van der Waals surface area contributed by atoms with Crippen molar-refractivity contribution in [1.29, 1.82) is 0 Å². The highest BCUT2D eigenvalue weighted by atomic mass is 35.5. The number of hydrogen-bond acceptors (Lipinski definition) is 3. The van der Waals surface area contributed by atoms with Gasteiger partial charge >= 0.3 is 0 Å². The highest BCUT2D eigenvalue weighted by Gasteiger charge is 2.07. The minimum atomic E-state index is 0.349. The lowest BCUT2D eigenvalue weighted by Gasteiger charge is -2.10. The molecular weight excluding hydrogens is 259 g/mol. The largest absolute Gasteiger partial charge is 0.455 e. The number of rotatable bonds is 3. The van der Waals surface area contributed by atoms with E-state index < -0.39 is 0 Å². The van der Waals surface area contributed by atoms with Crippen LogP contribution in [-0.4, -0.2) is 4.98 Å². The molecule has 0 saturated carbocycles. The third-order valence-electron chi connectivity index (χ3n) is 2.19. The summed E-state index contributed by atoms with van der Waals surface area (Å²) < 4.78 is 5.68. The van der Waals surface area contributed by atoms with E-state index in [2.05, 4.69) is 4.98 Å². The molecule has 2 rings (SSSR count). The smallest absolute Gasteiger partial charge is 0.147 e. The fraction of sp³-hybridized carbons (Fsp3) is 0.0833. The number of nitrogens with zero attached hydrogens (tertiary/aromatic N) is 1. The summed E-state index contributed by atoms with van der Waals surface area (Å²) in [5.41, 5.74) is 6.40. The van der Waals surface area contributed by atoms with Gasteiger partial charge in [-0.1, -0.05) is 23.2 Å². The second-order valence-electron chi connectivity index (χ2n) is 3.36. The molecule has 0 spiro atoms. The van der Waals surface area contributed by atoms with Crippen molar-refractivity contribution in [3.63, 3.8) is 0 Å². The first-order valence-electron chi connectivity index (χ1n) is 4.96. The van der Waals surface area contributed by atoms with Crippen LogP contribution in [0.3, 0.4) is 0 Å². The zero-order valence-corrected chi connectivity index (χ0v) is 10.4. The maximum absolute atomic E-state index is 6.01. The van der Waals surface area contributed by atoms with Crippen LogP contribution in [0.15, 0.2) is 36.7 Å². The van der Waals surface area contributed by atoms with E-state index in [4.69, 9.17) is 33.7 Å². The van der Waals surface area contributed by atoms with E-state index in [1.807, 2.05) is 0 Å². The van der Waals surface area contributed by atoms with E-state index in [-0.39, 0.29) is 0 Å². The van der Waals surface area contributed by atoms with Crippen LogP contribution >= 0.6 is 23.2 Å². The Kier molecular flexibility index (Phi) is 3.84. The second-order valence-corrected chi connectivity index (χ2v) is 4.21. The summed E-state index contributed by atoms with van der Waals surface area (Å²) in [6.07, 6.45) is 3.29. The molecule has 1 heterocycles. The molecule has 0 amide bonds. The van der Waals surface area contributed by atoms with Crippen molar-refractivity contribution in [3.05, 3.63) is 52.3 Å². The van der Waals surface area contributed by atoms with Crippen molar-refractivity contribution in [3.8, 4) is 11.5 Å². The Bertz CT molecular complexity index is 532. The SMILES string of the molecule is NCc1cnccc1Oc1cc(Cl)ccc1Cl. The van der Waals surface area contributed by atoms with Crippen molar-refractivity contribution < 1.29 is 4.74 Å². The van der Waals surface area contributed by atoms with Gasteiger partial charge in [-0.2, -0.15) is 0 Å². The van der Waals surface area contributed by atoms with Gasteiger partial charge in [-0.3, -0.25) is 4.98 Å². The maximum Gasteiger partial charge on any atom is 0.147 e. The van der Waals surface area contributed by atoms with Gasteiger partial charge in [0.15, 0.2) is 0 Å². The van der Waals surface area contributed by atoms with Gasteiger partial charge in [-0.25, -0.2) is 0 Å². The van der Waals surface area contributed by atoms with Gasteiger partial charge < -0.3 is 10.5 Å². The van der Waals surface area contributed by atoms with Crippen LogP contribution < -0.4 is 10.5 Å². The lowest BCUT2D eigenvalue weighted by atomic mass is 10.2. The molecule has 17 heavy (non-hydrogen) atoms. The van der Waals surface area contributed by atoms with Crippen molar-refractivity contribution in [2.45, 2.75) is 6.54 Å². The first-order chi connectivity index (χ1) is 8.20. The minimum Gasteiger partial charge on any atom is -0.455 e. The maximum atomic E-state index is 6.01. The summed E-state index contributed by atoms with van der Waals surface area (Å²) in [6, 6.07) is 6.78. The molecule has 0 atom stereocenters. The Balaban J connectivity index is 2.34. The summed E-state index contributed by atoms with van der Waals surface area (Å²) >= 11 is 11.9. The van der Waals surface area contributed by atoms with Crippen LogP contribution in [0.1, 0.15) is 5.56 Å². The minimum absolute atomic E-state index is 0.349. The summed E-state index contributed by atoms with van der Waals surface area (Å²) in [4.78, 5) is 3.98. The van der Waals surface area contributed by atoms with Gasteiger partial charge in [0, 0.05) is 35.6 Å². The van der Waals surface area contributed by atoms with E-state index in [1.165, 1.54) is 0 Å². The average molecular weight is 269 g/mol. The van der Waals surface area contributed by atoms with Crippen molar-refractivity contribution in [2.75, 3.05) is 0 Å². The Morgan fingerprint density at radius 1 is 1.18 bits per heavy atom. The van der Waals surface area contributed by atoms with E-state index >= 15 is 0 Å². The van der Waals surface area contributed by atoms with Crippen LogP contribution in [0.2, 0.25) is 10.0 Å². The summed E-state index contributed by atoms with van der Waals surface area (Å²) in [7, 11) is 0. The Morgan fingerprint density at radius 2 is 2.00 bits per heavy atom. The lowest BCUT2D eigenvalue weighted by molar-refractivity contribution is 0.475. The molecule has 5 heteroatoms. The molecule has 0 aliphatic rings. The van der Waals surface area contributed by atoms with Crippen LogP contribution in [0.25, 0.3) is 0 Å². The lowest BCUT2D eigenvalue weighted by Crippen LogP contribution is -2.00. The van der Waals surface area contributed by atoms with Crippen molar-refractivity contribution in [2.24, 2.45) is 5.73 Å². The first kappa shape index (κ1) is 12.2. The molecule has 1 aromatic heterocycles. The third-order valence-corrected chi connectivity index (χ3v) is 2.74. The molecule has 2 N–H and O–H groups in total. The van der Waals surface area contributed by atoms with Gasteiger partial charge in [0.05, 0.1) is 5.02 Å². The number of pyridine rings is 1. The molecular formula is C12H10Cl2N2O. The van der Waals surface area contributed by atoms with Gasteiger partial charge in [0.25, 0.3) is 0 Å². The molecule has 0 bridgehead atoms.